The van der Waals surface area contributed by atoms with Crippen molar-refractivity contribution in [1.29, 1.82) is 0 Å². The van der Waals surface area contributed by atoms with Crippen molar-refractivity contribution in [2.75, 3.05) is 5.32 Å². The molecule has 0 saturated carbocycles. The van der Waals surface area contributed by atoms with E-state index in [1.807, 2.05) is 32.0 Å². The molecular formula is C13H12ClNO2. The minimum atomic E-state index is -0.271. The first-order valence-electron chi connectivity index (χ1n) is 5.19. The first-order chi connectivity index (χ1) is 8.08. The summed E-state index contributed by atoms with van der Waals surface area (Å²) < 4.78 is 4.87. The number of aryl methyl sites for hydroxylation is 2. The molecule has 1 amide bonds. The number of amides is 1. The predicted octanol–water partition coefficient (Wildman–Crippen LogP) is 3.80. The van der Waals surface area contributed by atoms with E-state index in [-0.39, 0.29) is 11.1 Å². The number of hydrogen-bond donors (Lipinski definition) is 1. The van der Waals surface area contributed by atoms with Gasteiger partial charge in [0, 0.05) is 5.69 Å². The van der Waals surface area contributed by atoms with Gasteiger partial charge in [-0.15, -0.1) is 0 Å². The number of rotatable bonds is 2. The summed E-state index contributed by atoms with van der Waals surface area (Å²) in [5.74, 6) is -0.271. The number of hydrogen-bond acceptors (Lipinski definition) is 2. The summed E-state index contributed by atoms with van der Waals surface area (Å²) in [4.78, 5) is 11.8. The smallest absolute Gasteiger partial charge is 0.260 e. The van der Waals surface area contributed by atoms with Crippen molar-refractivity contribution in [1.82, 2.24) is 0 Å². The molecule has 2 aromatic rings. The number of halogens is 1. The predicted molar refractivity (Wildman–Crippen MR) is 67.6 cm³/mol. The van der Waals surface area contributed by atoms with E-state index in [0.717, 1.165) is 11.3 Å². The molecule has 3 nitrogen and oxygen atoms in total. The number of benzene rings is 1. The molecule has 17 heavy (non-hydrogen) atoms. The van der Waals surface area contributed by atoms with Crippen LogP contribution in [-0.4, -0.2) is 5.91 Å². The largest absolute Gasteiger partial charge is 0.452 e. The highest BCUT2D eigenvalue weighted by Crippen LogP contribution is 2.19. The molecule has 0 spiro atoms. The fraction of sp³-hybridized carbons (Fsp3) is 0.154. The zero-order valence-electron chi connectivity index (χ0n) is 9.58. The maximum Gasteiger partial charge on any atom is 0.260 e. The number of carbonyl (C=O) groups is 1. The molecule has 0 aliphatic carbocycles. The van der Waals surface area contributed by atoms with Gasteiger partial charge in [-0.3, -0.25) is 4.79 Å². The number of carbonyl (C=O) groups excluding carboxylic acids is 1. The van der Waals surface area contributed by atoms with E-state index in [0.29, 0.717) is 5.56 Å². The minimum Gasteiger partial charge on any atom is -0.452 e. The molecule has 4 heteroatoms. The van der Waals surface area contributed by atoms with Gasteiger partial charge in [0.2, 0.25) is 5.22 Å². The molecule has 0 saturated heterocycles. The van der Waals surface area contributed by atoms with Crippen LogP contribution in [0.15, 0.2) is 34.9 Å². The Hall–Kier alpha value is -1.74. The zero-order valence-corrected chi connectivity index (χ0v) is 10.3. The fourth-order valence-electron chi connectivity index (χ4n) is 1.47. The second kappa shape index (κ2) is 4.63. The van der Waals surface area contributed by atoms with Crippen molar-refractivity contribution >= 4 is 23.2 Å². The van der Waals surface area contributed by atoms with Crippen LogP contribution in [0.3, 0.4) is 0 Å². The summed E-state index contributed by atoms with van der Waals surface area (Å²) >= 11 is 5.73. The van der Waals surface area contributed by atoms with Gasteiger partial charge < -0.3 is 9.73 Å². The minimum absolute atomic E-state index is 0.103. The van der Waals surface area contributed by atoms with Crippen molar-refractivity contribution in [3.8, 4) is 0 Å². The lowest BCUT2D eigenvalue weighted by molar-refractivity contribution is 0.102. The summed E-state index contributed by atoms with van der Waals surface area (Å²) in [7, 11) is 0. The fourth-order valence-corrected chi connectivity index (χ4v) is 1.67. The second-order valence-electron chi connectivity index (χ2n) is 3.86. The molecule has 1 N–H and O–H groups in total. The standard InChI is InChI=1S/C13H12ClNO2/c1-8-3-4-10(7-9(8)2)15-13(16)11-5-6-17-12(11)14/h3-7H,1-2H3,(H,15,16). The van der Waals surface area contributed by atoms with Gasteiger partial charge in [0.25, 0.3) is 5.91 Å². The Labute approximate surface area is 104 Å². The van der Waals surface area contributed by atoms with Crippen LogP contribution >= 0.6 is 11.6 Å². The zero-order chi connectivity index (χ0) is 12.4. The van der Waals surface area contributed by atoms with E-state index >= 15 is 0 Å². The van der Waals surface area contributed by atoms with Gasteiger partial charge >= 0.3 is 0 Å². The molecule has 0 aliphatic heterocycles. The quantitative estimate of drug-likeness (QED) is 0.880. The Morgan fingerprint density at radius 3 is 2.59 bits per heavy atom. The Kier molecular flexibility index (Phi) is 3.20. The van der Waals surface area contributed by atoms with E-state index in [2.05, 4.69) is 5.32 Å². The molecule has 1 aromatic heterocycles. The summed E-state index contributed by atoms with van der Waals surface area (Å²) in [6, 6.07) is 7.27. The highest BCUT2D eigenvalue weighted by atomic mass is 35.5. The van der Waals surface area contributed by atoms with E-state index in [1.165, 1.54) is 11.8 Å². The van der Waals surface area contributed by atoms with Crippen molar-refractivity contribution < 1.29 is 9.21 Å². The average molecular weight is 250 g/mol. The van der Waals surface area contributed by atoms with Crippen LogP contribution in [0.2, 0.25) is 5.22 Å². The Bertz CT molecular complexity index is 560. The van der Waals surface area contributed by atoms with E-state index in [9.17, 15) is 4.79 Å². The molecule has 0 fully saturated rings. The third-order valence-corrected chi connectivity index (χ3v) is 2.92. The number of furan rings is 1. The van der Waals surface area contributed by atoms with Gasteiger partial charge in [0.15, 0.2) is 0 Å². The average Bonchev–Trinajstić information content (AvgIpc) is 2.70. The van der Waals surface area contributed by atoms with Crippen molar-refractivity contribution in [3.63, 3.8) is 0 Å². The summed E-state index contributed by atoms with van der Waals surface area (Å²) in [5, 5.41) is 2.87. The van der Waals surface area contributed by atoms with Gasteiger partial charge in [0.1, 0.15) is 0 Å². The van der Waals surface area contributed by atoms with Crippen LogP contribution in [0, 0.1) is 13.8 Å². The van der Waals surface area contributed by atoms with E-state index in [1.54, 1.807) is 6.07 Å². The number of nitrogens with one attached hydrogen (secondary N) is 1. The first kappa shape index (κ1) is 11.7. The molecule has 0 radical (unpaired) electrons. The van der Waals surface area contributed by atoms with Crippen molar-refractivity contribution in [3.05, 3.63) is 52.4 Å². The molecule has 0 aliphatic rings. The molecule has 1 heterocycles. The van der Waals surface area contributed by atoms with Crippen molar-refractivity contribution in [2.45, 2.75) is 13.8 Å². The third-order valence-electron chi connectivity index (χ3n) is 2.63. The summed E-state index contributed by atoms with van der Waals surface area (Å²) in [6.07, 6.45) is 1.39. The SMILES string of the molecule is Cc1ccc(NC(=O)c2ccoc2Cl)cc1C. The van der Waals surface area contributed by atoms with Gasteiger partial charge in [-0.2, -0.15) is 0 Å². The molecule has 0 unspecified atom stereocenters. The van der Waals surface area contributed by atoms with E-state index < -0.39 is 0 Å². The summed E-state index contributed by atoms with van der Waals surface area (Å²) in [5.41, 5.74) is 3.39. The van der Waals surface area contributed by atoms with Gasteiger partial charge in [-0.1, -0.05) is 6.07 Å². The van der Waals surface area contributed by atoms with Gasteiger partial charge in [-0.25, -0.2) is 0 Å². The molecule has 1 aromatic carbocycles. The Morgan fingerprint density at radius 2 is 2.00 bits per heavy atom. The van der Waals surface area contributed by atoms with Crippen molar-refractivity contribution in [2.24, 2.45) is 0 Å². The maximum atomic E-state index is 11.8. The van der Waals surface area contributed by atoms with Crippen LogP contribution in [0.25, 0.3) is 0 Å². The molecule has 2 rings (SSSR count). The normalized spacial score (nSPS) is 10.3. The second-order valence-corrected chi connectivity index (χ2v) is 4.20. The highest BCUT2D eigenvalue weighted by molar-refractivity contribution is 6.32. The molecule has 0 atom stereocenters. The molecule has 88 valence electrons. The maximum absolute atomic E-state index is 11.8. The van der Waals surface area contributed by atoms with E-state index in [4.69, 9.17) is 16.0 Å². The van der Waals surface area contributed by atoms with Crippen LogP contribution in [-0.2, 0) is 0 Å². The molecule has 0 bridgehead atoms. The summed E-state index contributed by atoms with van der Waals surface area (Å²) in [6.45, 7) is 4.02. The lowest BCUT2D eigenvalue weighted by Crippen LogP contribution is -2.11. The van der Waals surface area contributed by atoms with Crippen LogP contribution in [0.4, 0.5) is 5.69 Å². The van der Waals surface area contributed by atoms with Gasteiger partial charge in [-0.05, 0) is 54.8 Å². The van der Waals surface area contributed by atoms with Gasteiger partial charge in [0.05, 0.1) is 11.8 Å². The van der Waals surface area contributed by atoms with Crippen LogP contribution in [0.1, 0.15) is 21.5 Å². The third kappa shape index (κ3) is 2.50. The van der Waals surface area contributed by atoms with Crippen LogP contribution < -0.4 is 5.32 Å². The lowest BCUT2D eigenvalue weighted by Gasteiger charge is -2.06. The highest BCUT2D eigenvalue weighted by Gasteiger charge is 2.13. The Morgan fingerprint density at radius 1 is 1.24 bits per heavy atom. The lowest BCUT2D eigenvalue weighted by atomic mass is 10.1. The Balaban J connectivity index is 2.19. The monoisotopic (exact) mass is 249 g/mol. The first-order valence-corrected chi connectivity index (χ1v) is 5.57. The van der Waals surface area contributed by atoms with Crippen LogP contribution in [0.5, 0.6) is 0 Å². The molecular weight excluding hydrogens is 238 g/mol. The number of anilines is 1. The topological polar surface area (TPSA) is 42.2 Å².